The van der Waals surface area contributed by atoms with Gasteiger partial charge in [-0.3, -0.25) is 0 Å². The van der Waals surface area contributed by atoms with Crippen LogP contribution in [0.4, 0.5) is 0 Å². The van der Waals surface area contributed by atoms with E-state index in [1.165, 1.54) is 0 Å². The van der Waals surface area contributed by atoms with E-state index in [0.29, 0.717) is 13.2 Å². The molecule has 0 fully saturated rings. The third-order valence-electron chi connectivity index (χ3n) is 3.28. The summed E-state index contributed by atoms with van der Waals surface area (Å²) in [5.74, 6) is 1.65. The monoisotopic (exact) mass is 465 g/mol. The molecule has 0 bridgehead atoms. The second-order valence-corrected chi connectivity index (χ2v) is 5.11. The molecule has 0 unspecified atom stereocenters. The first-order valence-electron chi connectivity index (χ1n) is 8.60. The lowest BCUT2D eigenvalue weighted by Gasteiger charge is -2.13. The number of methoxy groups -OCH3 is 1. The Bertz CT molecular complexity index is 455. The molecule has 0 saturated carbocycles. The fourth-order valence-electron chi connectivity index (χ4n) is 1.99. The first-order chi connectivity index (χ1) is 11.8. The quantitative estimate of drug-likeness (QED) is 0.215. The lowest BCUT2D eigenvalue weighted by Crippen LogP contribution is -2.39. The van der Waals surface area contributed by atoms with Gasteiger partial charge in [-0.15, -0.1) is 24.0 Å². The SMILES string of the molecule is CCOCCCNC(=NCc1ccc(OC)cc1)NCCOCC.I. The maximum atomic E-state index is 5.35. The minimum atomic E-state index is 0. The van der Waals surface area contributed by atoms with Crippen molar-refractivity contribution in [3.8, 4) is 5.75 Å². The summed E-state index contributed by atoms with van der Waals surface area (Å²) in [4.78, 5) is 4.62. The maximum absolute atomic E-state index is 5.35. The van der Waals surface area contributed by atoms with E-state index in [-0.39, 0.29) is 24.0 Å². The van der Waals surface area contributed by atoms with Gasteiger partial charge in [-0.1, -0.05) is 12.1 Å². The summed E-state index contributed by atoms with van der Waals surface area (Å²) in [5, 5.41) is 6.61. The molecule has 7 heteroatoms. The number of guanidine groups is 1. The molecule has 0 aliphatic carbocycles. The Hall–Kier alpha value is -1.06. The van der Waals surface area contributed by atoms with Crippen LogP contribution < -0.4 is 15.4 Å². The van der Waals surface area contributed by atoms with Crippen molar-refractivity contribution in [3.05, 3.63) is 29.8 Å². The van der Waals surface area contributed by atoms with Gasteiger partial charge in [-0.25, -0.2) is 4.99 Å². The number of rotatable bonds is 12. The molecule has 0 atom stereocenters. The van der Waals surface area contributed by atoms with E-state index in [4.69, 9.17) is 14.2 Å². The largest absolute Gasteiger partial charge is 0.497 e. The predicted molar refractivity (Wildman–Crippen MR) is 113 cm³/mol. The highest BCUT2D eigenvalue weighted by atomic mass is 127. The van der Waals surface area contributed by atoms with Crippen molar-refractivity contribution in [3.63, 3.8) is 0 Å². The van der Waals surface area contributed by atoms with Crippen LogP contribution in [0, 0.1) is 0 Å². The summed E-state index contributed by atoms with van der Waals surface area (Å²) >= 11 is 0. The molecule has 0 aliphatic heterocycles. The summed E-state index contributed by atoms with van der Waals surface area (Å²) in [7, 11) is 1.67. The number of halogens is 1. The number of nitrogens with one attached hydrogen (secondary N) is 2. The van der Waals surface area contributed by atoms with Crippen molar-refractivity contribution in [2.24, 2.45) is 4.99 Å². The smallest absolute Gasteiger partial charge is 0.191 e. The van der Waals surface area contributed by atoms with E-state index in [1.807, 2.05) is 38.1 Å². The molecule has 0 aromatic heterocycles. The van der Waals surface area contributed by atoms with E-state index < -0.39 is 0 Å². The van der Waals surface area contributed by atoms with Gasteiger partial charge >= 0.3 is 0 Å². The third kappa shape index (κ3) is 12.0. The van der Waals surface area contributed by atoms with Crippen LogP contribution in [0.2, 0.25) is 0 Å². The average Bonchev–Trinajstić information content (AvgIpc) is 2.62. The van der Waals surface area contributed by atoms with Gasteiger partial charge in [0.15, 0.2) is 5.96 Å². The van der Waals surface area contributed by atoms with Crippen LogP contribution in [0.3, 0.4) is 0 Å². The highest BCUT2D eigenvalue weighted by Crippen LogP contribution is 2.11. The fourth-order valence-corrected chi connectivity index (χ4v) is 1.99. The van der Waals surface area contributed by atoms with Crippen molar-refractivity contribution < 1.29 is 14.2 Å². The Balaban J connectivity index is 0.00000576. The number of hydrogen-bond acceptors (Lipinski definition) is 4. The van der Waals surface area contributed by atoms with Gasteiger partial charge in [0.05, 0.1) is 20.3 Å². The van der Waals surface area contributed by atoms with Gasteiger partial charge in [-0.05, 0) is 38.0 Å². The first kappa shape index (κ1) is 23.9. The van der Waals surface area contributed by atoms with Crippen molar-refractivity contribution in [2.45, 2.75) is 26.8 Å². The molecule has 2 N–H and O–H groups in total. The van der Waals surface area contributed by atoms with E-state index in [0.717, 1.165) is 56.6 Å². The van der Waals surface area contributed by atoms with Crippen LogP contribution in [-0.2, 0) is 16.0 Å². The number of ether oxygens (including phenoxy) is 3. The Morgan fingerprint density at radius 2 is 1.60 bits per heavy atom. The topological polar surface area (TPSA) is 64.1 Å². The van der Waals surface area contributed by atoms with Crippen LogP contribution in [0.5, 0.6) is 5.75 Å². The number of benzene rings is 1. The lowest BCUT2D eigenvalue weighted by molar-refractivity contribution is 0.145. The highest BCUT2D eigenvalue weighted by Gasteiger charge is 1.99. The molecule has 0 aliphatic rings. The zero-order valence-electron chi connectivity index (χ0n) is 15.5. The molecule has 1 aromatic rings. The average molecular weight is 465 g/mol. The van der Waals surface area contributed by atoms with Crippen LogP contribution in [0.1, 0.15) is 25.8 Å². The molecule has 25 heavy (non-hydrogen) atoms. The summed E-state index contributed by atoms with van der Waals surface area (Å²) in [5.41, 5.74) is 1.14. The van der Waals surface area contributed by atoms with Gasteiger partial charge in [0.2, 0.25) is 0 Å². The van der Waals surface area contributed by atoms with E-state index in [1.54, 1.807) is 7.11 Å². The molecule has 144 valence electrons. The summed E-state index contributed by atoms with van der Waals surface area (Å²) in [6, 6.07) is 7.94. The Kier molecular flexibility index (Phi) is 15.7. The summed E-state index contributed by atoms with van der Waals surface area (Å²) in [6.45, 7) is 9.06. The van der Waals surface area contributed by atoms with E-state index in [9.17, 15) is 0 Å². The molecule has 0 heterocycles. The van der Waals surface area contributed by atoms with Gasteiger partial charge in [0.25, 0.3) is 0 Å². The van der Waals surface area contributed by atoms with Gasteiger partial charge in [0.1, 0.15) is 5.75 Å². The number of hydrogen-bond donors (Lipinski definition) is 2. The minimum Gasteiger partial charge on any atom is -0.497 e. The Morgan fingerprint density at radius 1 is 0.960 bits per heavy atom. The zero-order valence-corrected chi connectivity index (χ0v) is 17.9. The summed E-state index contributed by atoms with van der Waals surface area (Å²) in [6.07, 6.45) is 0.947. The minimum absolute atomic E-state index is 0. The third-order valence-corrected chi connectivity index (χ3v) is 3.28. The normalized spacial score (nSPS) is 10.9. The fraction of sp³-hybridized carbons (Fsp3) is 0.611. The summed E-state index contributed by atoms with van der Waals surface area (Å²) < 4.78 is 15.9. The van der Waals surface area contributed by atoms with Crippen LogP contribution in [-0.4, -0.2) is 52.6 Å². The van der Waals surface area contributed by atoms with Crippen molar-refractivity contribution in [2.75, 3.05) is 46.6 Å². The van der Waals surface area contributed by atoms with Gasteiger partial charge in [0, 0.05) is 32.9 Å². The maximum Gasteiger partial charge on any atom is 0.191 e. The van der Waals surface area contributed by atoms with Crippen LogP contribution in [0.15, 0.2) is 29.3 Å². The van der Waals surface area contributed by atoms with Gasteiger partial charge in [-0.2, -0.15) is 0 Å². The predicted octanol–water partition coefficient (Wildman–Crippen LogP) is 2.81. The Labute approximate surface area is 168 Å². The molecule has 0 spiro atoms. The highest BCUT2D eigenvalue weighted by molar-refractivity contribution is 14.0. The first-order valence-corrected chi connectivity index (χ1v) is 8.60. The van der Waals surface area contributed by atoms with E-state index >= 15 is 0 Å². The van der Waals surface area contributed by atoms with Crippen LogP contribution >= 0.6 is 24.0 Å². The molecule has 6 nitrogen and oxygen atoms in total. The molecule has 0 amide bonds. The Morgan fingerprint density at radius 3 is 2.24 bits per heavy atom. The molecular formula is C18H32IN3O3. The standard InChI is InChI=1S/C18H31N3O3.HI/c1-4-23-13-6-11-19-18(20-12-14-24-5-2)21-15-16-7-9-17(22-3)10-8-16;/h7-10H,4-6,11-15H2,1-3H3,(H2,19,20,21);1H. The van der Waals surface area contributed by atoms with Gasteiger partial charge < -0.3 is 24.8 Å². The van der Waals surface area contributed by atoms with Crippen LogP contribution in [0.25, 0.3) is 0 Å². The van der Waals surface area contributed by atoms with Crippen molar-refractivity contribution >= 4 is 29.9 Å². The molecule has 1 rings (SSSR count). The lowest BCUT2D eigenvalue weighted by atomic mass is 10.2. The van der Waals surface area contributed by atoms with E-state index in [2.05, 4.69) is 15.6 Å². The molecule has 0 radical (unpaired) electrons. The van der Waals surface area contributed by atoms with Crippen molar-refractivity contribution in [1.82, 2.24) is 10.6 Å². The molecular weight excluding hydrogens is 433 g/mol. The second-order valence-electron chi connectivity index (χ2n) is 5.11. The second kappa shape index (κ2) is 16.4. The number of nitrogens with zero attached hydrogens (tertiary/aromatic N) is 1. The molecule has 0 saturated heterocycles. The number of aliphatic imine (C=N–C) groups is 1. The zero-order chi connectivity index (χ0) is 17.5. The molecule has 1 aromatic carbocycles. The van der Waals surface area contributed by atoms with Crippen molar-refractivity contribution in [1.29, 1.82) is 0 Å².